The van der Waals surface area contributed by atoms with E-state index in [0.717, 1.165) is 6.42 Å². The highest BCUT2D eigenvalue weighted by molar-refractivity contribution is 5.92. The molecule has 0 aliphatic carbocycles. The fourth-order valence-corrected chi connectivity index (χ4v) is 2.60. The Bertz CT molecular complexity index is 847. The number of nitrogens with zero attached hydrogens (tertiary/aromatic N) is 2. The van der Waals surface area contributed by atoms with Crippen LogP contribution >= 0.6 is 0 Å². The van der Waals surface area contributed by atoms with Gasteiger partial charge in [0.1, 0.15) is 5.82 Å². The van der Waals surface area contributed by atoms with Gasteiger partial charge >= 0.3 is 0 Å². The van der Waals surface area contributed by atoms with Crippen LogP contribution in [-0.2, 0) is 13.0 Å². The van der Waals surface area contributed by atoms with E-state index in [9.17, 15) is 4.79 Å². The molecule has 2 aromatic carbocycles. The quantitative estimate of drug-likeness (QED) is 0.688. The van der Waals surface area contributed by atoms with Gasteiger partial charge in [-0.1, -0.05) is 54.6 Å². The first-order valence-corrected chi connectivity index (χ1v) is 8.66. The van der Waals surface area contributed by atoms with Crippen LogP contribution in [0.15, 0.2) is 66.7 Å². The molecule has 0 aliphatic rings. The van der Waals surface area contributed by atoms with Gasteiger partial charge in [0.2, 0.25) is 0 Å². The number of carbonyl (C=O) groups excluding carboxylic acids is 1. The van der Waals surface area contributed by atoms with E-state index in [1.54, 1.807) is 12.1 Å². The van der Waals surface area contributed by atoms with Gasteiger partial charge in [-0.05, 0) is 42.2 Å². The van der Waals surface area contributed by atoms with Gasteiger partial charge in [-0.15, -0.1) is 10.2 Å². The second kappa shape index (κ2) is 8.76. The van der Waals surface area contributed by atoms with Gasteiger partial charge in [-0.2, -0.15) is 0 Å². The molecular formula is C21H22N4O. The molecule has 0 aliphatic heterocycles. The average Bonchev–Trinajstić information content (AvgIpc) is 2.68. The number of amides is 1. The lowest BCUT2D eigenvalue weighted by atomic mass is 10.1. The van der Waals surface area contributed by atoms with Crippen molar-refractivity contribution in [1.29, 1.82) is 0 Å². The molecule has 0 spiro atoms. The third-order valence-corrected chi connectivity index (χ3v) is 4.16. The summed E-state index contributed by atoms with van der Waals surface area (Å²) in [7, 11) is 0. The third-order valence-electron chi connectivity index (χ3n) is 4.16. The summed E-state index contributed by atoms with van der Waals surface area (Å²) in [5.41, 5.74) is 3.94. The molecule has 0 fully saturated rings. The topological polar surface area (TPSA) is 66.9 Å². The monoisotopic (exact) mass is 346 g/mol. The largest absolute Gasteiger partial charge is 0.364 e. The van der Waals surface area contributed by atoms with E-state index in [4.69, 9.17) is 0 Å². The zero-order valence-corrected chi connectivity index (χ0v) is 14.8. The van der Waals surface area contributed by atoms with Crippen LogP contribution in [0, 0.1) is 6.92 Å². The van der Waals surface area contributed by atoms with Crippen molar-refractivity contribution in [3.05, 3.63) is 89.1 Å². The van der Waals surface area contributed by atoms with E-state index in [0.29, 0.717) is 24.6 Å². The number of aryl methyl sites for hydroxylation is 1. The van der Waals surface area contributed by atoms with E-state index in [-0.39, 0.29) is 5.91 Å². The van der Waals surface area contributed by atoms with Gasteiger partial charge in [0.15, 0.2) is 5.69 Å². The lowest BCUT2D eigenvalue weighted by Crippen LogP contribution is -2.26. The number of anilines is 1. The van der Waals surface area contributed by atoms with Crippen LogP contribution in [0.25, 0.3) is 0 Å². The van der Waals surface area contributed by atoms with Crippen molar-refractivity contribution in [1.82, 2.24) is 15.5 Å². The lowest BCUT2D eigenvalue weighted by Gasteiger charge is -2.08. The Morgan fingerprint density at radius 2 is 1.69 bits per heavy atom. The molecule has 5 heteroatoms. The van der Waals surface area contributed by atoms with E-state index in [2.05, 4.69) is 39.9 Å². The van der Waals surface area contributed by atoms with E-state index < -0.39 is 0 Å². The van der Waals surface area contributed by atoms with Crippen molar-refractivity contribution in [2.45, 2.75) is 19.9 Å². The summed E-state index contributed by atoms with van der Waals surface area (Å²) in [6, 6.07) is 21.7. The molecule has 0 saturated carbocycles. The van der Waals surface area contributed by atoms with Crippen molar-refractivity contribution in [3.63, 3.8) is 0 Å². The van der Waals surface area contributed by atoms with E-state index >= 15 is 0 Å². The molecule has 0 unspecified atom stereocenters. The van der Waals surface area contributed by atoms with E-state index in [1.165, 1.54) is 16.7 Å². The fourth-order valence-electron chi connectivity index (χ4n) is 2.60. The highest BCUT2D eigenvalue weighted by Crippen LogP contribution is 2.10. The summed E-state index contributed by atoms with van der Waals surface area (Å²) in [4.78, 5) is 12.1. The maximum Gasteiger partial charge on any atom is 0.271 e. The summed E-state index contributed by atoms with van der Waals surface area (Å²) < 4.78 is 0. The molecule has 26 heavy (non-hydrogen) atoms. The Balaban J connectivity index is 1.49. The first-order valence-electron chi connectivity index (χ1n) is 8.66. The van der Waals surface area contributed by atoms with Crippen LogP contribution in [0.1, 0.15) is 27.2 Å². The van der Waals surface area contributed by atoms with Gasteiger partial charge < -0.3 is 10.6 Å². The molecule has 1 heterocycles. The molecule has 1 amide bonds. The van der Waals surface area contributed by atoms with Crippen molar-refractivity contribution in [2.75, 3.05) is 11.9 Å². The Kier molecular flexibility index (Phi) is 5.93. The van der Waals surface area contributed by atoms with Gasteiger partial charge in [0.05, 0.1) is 0 Å². The number of aromatic nitrogens is 2. The van der Waals surface area contributed by atoms with Crippen LogP contribution in [0.4, 0.5) is 5.82 Å². The standard InChI is InChI=1S/C21H22N4O/c1-16-7-5-6-10-18(16)15-23-20-12-11-19(24-25-20)21(26)22-14-13-17-8-3-2-4-9-17/h2-12H,13-15H2,1H3,(H,22,26)(H,23,25). The Morgan fingerprint density at radius 1 is 0.923 bits per heavy atom. The van der Waals surface area contributed by atoms with Crippen LogP contribution in [0.5, 0.6) is 0 Å². The molecule has 1 aromatic heterocycles. The van der Waals surface area contributed by atoms with E-state index in [1.807, 2.05) is 42.5 Å². The van der Waals surface area contributed by atoms with Gasteiger partial charge in [0, 0.05) is 13.1 Å². The SMILES string of the molecule is Cc1ccccc1CNc1ccc(C(=O)NCCc2ccccc2)nn1. The summed E-state index contributed by atoms with van der Waals surface area (Å²) >= 11 is 0. The number of benzene rings is 2. The summed E-state index contributed by atoms with van der Waals surface area (Å²) in [5, 5.41) is 14.2. The zero-order valence-electron chi connectivity index (χ0n) is 14.8. The van der Waals surface area contributed by atoms with Crippen LogP contribution < -0.4 is 10.6 Å². The normalized spacial score (nSPS) is 10.3. The predicted molar refractivity (Wildman–Crippen MR) is 103 cm³/mol. The minimum Gasteiger partial charge on any atom is -0.364 e. The Morgan fingerprint density at radius 3 is 2.42 bits per heavy atom. The molecule has 3 aromatic rings. The third kappa shape index (κ3) is 4.89. The summed E-state index contributed by atoms with van der Waals surface area (Å²) in [6.07, 6.45) is 0.788. The first kappa shape index (κ1) is 17.6. The molecule has 5 nitrogen and oxygen atoms in total. The molecule has 0 bridgehead atoms. The van der Waals surface area contributed by atoms with Crippen molar-refractivity contribution < 1.29 is 4.79 Å². The molecule has 0 saturated heterocycles. The Hall–Kier alpha value is -3.21. The van der Waals surface area contributed by atoms with Crippen molar-refractivity contribution in [2.24, 2.45) is 0 Å². The maximum absolute atomic E-state index is 12.1. The number of nitrogens with one attached hydrogen (secondary N) is 2. The zero-order chi connectivity index (χ0) is 18.2. The van der Waals surface area contributed by atoms with Gasteiger partial charge in [0.25, 0.3) is 5.91 Å². The summed E-state index contributed by atoms with van der Waals surface area (Å²) in [5.74, 6) is 0.438. The summed E-state index contributed by atoms with van der Waals surface area (Å²) in [6.45, 7) is 3.31. The second-order valence-electron chi connectivity index (χ2n) is 6.08. The second-order valence-corrected chi connectivity index (χ2v) is 6.08. The highest BCUT2D eigenvalue weighted by Gasteiger charge is 2.08. The van der Waals surface area contributed by atoms with Crippen LogP contribution in [0.3, 0.4) is 0 Å². The Labute approximate surface area is 153 Å². The average molecular weight is 346 g/mol. The van der Waals surface area contributed by atoms with Gasteiger partial charge in [-0.25, -0.2) is 0 Å². The molecular weight excluding hydrogens is 324 g/mol. The van der Waals surface area contributed by atoms with Crippen LogP contribution in [0.2, 0.25) is 0 Å². The molecule has 0 atom stereocenters. The number of hydrogen-bond acceptors (Lipinski definition) is 4. The van der Waals surface area contributed by atoms with Crippen molar-refractivity contribution in [3.8, 4) is 0 Å². The predicted octanol–water partition coefficient (Wildman–Crippen LogP) is 3.37. The first-order chi connectivity index (χ1) is 12.7. The minimum absolute atomic E-state index is 0.209. The maximum atomic E-state index is 12.1. The van der Waals surface area contributed by atoms with Crippen LogP contribution in [-0.4, -0.2) is 22.6 Å². The number of rotatable bonds is 7. The number of hydrogen-bond donors (Lipinski definition) is 2. The van der Waals surface area contributed by atoms with Gasteiger partial charge in [-0.3, -0.25) is 4.79 Å². The molecule has 0 radical (unpaired) electrons. The minimum atomic E-state index is -0.209. The molecule has 3 rings (SSSR count). The lowest BCUT2D eigenvalue weighted by molar-refractivity contribution is 0.0948. The smallest absolute Gasteiger partial charge is 0.271 e. The van der Waals surface area contributed by atoms with Crippen molar-refractivity contribution >= 4 is 11.7 Å². The molecule has 132 valence electrons. The number of carbonyl (C=O) groups is 1. The highest BCUT2D eigenvalue weighted by atomic mass is 16.1. The fraction of sp³-hybridized carbons (Fsp3) is 0.190. The molecule has 2 N–H and O–H groups in total.